The Balaban J connectivity index is 2.16. The van der Waals surface area contributed by atoms with Crippen LogP contribution in [0, 0.1) is 0 Å². The van der Waals surface area contributed by atoms with E-state index in [1.807, 2.05) is 45.0 Å². The van der Waals surface area contributed by atoms with Gasteiger partial charge in [0, 0.05) is 26.2 Å². The Kier molecular flexibility index (Phi) is 4.85. The van der Waals surface area contributed by atoms with E-state index in [9.17, 15) is 4.79 Å². The minimum absolute atomic E-state index is 0.000393. The number of carbonyl (C=O) groups excluding carboxylic acids is 1. The normalized spacial score (nSPS) is 19.4. The van der Waals surface area contributed by atoms with E-state index in [1.54, 1.807) is 4.90 Å². The second-order valence-electron chi connectivity index (χ2n) is 6.34. The molecule has 0 saturated carbocycles. The summed E-state index contributed by atoms with van der Waals surface area (Å²) in [4.78, 5) is 14.2. The Morgan fingerprint density at radius 2 is 2.05 bits per heavy atom. The van der Waals surface area contributed by atoms with Crippen LogP contribution in [0.1, 0.15) is 37.9 Å². The maximum absolute atomic E-state index is 12.4. The van der Waals surface area contributed by atoms with E-state index in [4.69, 9.17) is 10.5 Å². The third-order valence-corrected chi connectivity index (χ3v) is 3.47. The Morgan fingerprint density at radius 3 is 2.62 bits per heavy atom. The summed E-state index contributed by atoms with van der Waals surface area (Å²) in [7, 11) is 0. The van der Waals surface area contributed by atoms with Crippen molar-refractivity contribution in [2.45, 2.75) is 39.0 Å². The number of ether oxygens (including phenoxy) is 1. The average Bonchev–Trinajstić information content (AvgIpc) is 2.45. The van der Waals surface area contributed by atoms with Gasteiger partial charge in [-0.1, -0.05) is 24.3 Å². The van der Waals surface area contributed by atoms with Crippen LogP contribution >= 0.6 is 0 Å². The number of nitrogens with zero attached hydrogens (tertiary/aromatic N) is 1. The van der Waals surface area contributed by atoms with Gasteiger partial charge in [0.15, 0.2) is 0 Å². The molecular weight excluding hydrogens is 266 g/mol. The highest BCUT2D eigenvalue weighted by molar-refractivity contribution is 5.69. The van der Waals surface area contributed by atoms with Crippen LogP contribution < -0.4 is 11.1 Å². The summed E-state index contributed by atoms with van der Waals surface area (Å²) < 4.78 is 5.51. The maximum Gasteiger partial charge on any atom is 0.410 e. The van der Waals surface area contributed by atoms with Gasteiger partial charge in [-0.25, -0.2) is 4.79 Å². The van der Waals surface area contributed by atoms with E-state index in [1.165, 1.54) is 0 Å². The molecule has 0 spiro atoms. The molecule has 1 aromatic rings. The highest BCUT2D eigenvalue weighted by Gasteiger charge is 2.31. The predicted octanol–water partition coefficient (Wildman–Crippen LogP) is 2.03. The van der Waals surface area contributed by atoms with Crippen molar-refractivity contribution >= 4 is 6.09 Å². The molecule has 5 heteroatoms. The third-order valence-electron chi connectivity index (χ3n) is 3.47. The molecule has 1 heterocycles. The highest BCUT2D eigenvalue weighted by atomic mass is 16.6. The number of hydrogen-bond acceptors (Lipinski definition) is 4. The van der Waals surface area contributed by atoms with Crippen molar-refractivity contribution in [2.24, 2.45) is 5.73 Å². The molecule has 1 atom stereocenters. The number of rotatable bonds is 2. The van der Waals surface area contributed by atoms with E-state index in [-0.39, 0.29) is 12.1 Å². The summed E-state index contributed by atoms with van der Waals surface area (Å²) in [6.07, 6.45) is -0.253. The van der Waals surface area contributed by atoms with Crippen LogP contribution in [0.25, 0.3) is 0 Å². The summed E-state index contributed by atoms with van der Waals surface area (Å²) in [5.41, 5.74) is 7.34. The van der Waals surface area contributed by atoms with Crippen LogP contribution in [0.2, 0.25) is 0 Å². The Hall–Kier alpha value is -1.59. The Labute approximate surface area is 126 Å². The van der Waals surface area contributed by atoms with Crippen LogP contribution in [0.4, 0.5) is 4.79 Å². The molecule has 1 unspecified atom stereocenters. The molecule has 0 aromatic heterocycles. The van der Waals surface area contributed by atoms with Crippen molar-refractivity contribution in [3.8, 4) is 0 Å². The first-order chi connectivity index (χ1) is 9.90. The first kappa shape index (κ1) is 15.8. The van der Waals surface area contributed by atoms with Gasteiger partial charge in [-0.05, 0) is 31.9 Å². The van der Waals surface area contributed by atoms with Crippen molar-refractivity contribution in [1.29, 1.82) is 0 Å². The number of carbonyl (C=O) groups is 1. The fourth-order valence-corrected chi connectivity index (χ4v) is 2.42. The van der Waals surface area contributed by atoms with Gasteiger partial charge in [0.1, 0.15) is 5.60 Å². The van der Waals surface area contributed by atoms with Crippen molar-refractivity contribution in [2.75, 3.05) is 19.6 Å². The lowest BCUT2D eigenvalue weighted by atomic mass is 10.0. The molecule has 1 aliphatic heterocycles. The molecule has 1 amide bonds. The molecule has 0 bridgehead atoms. The quantitative estimate of drug-likeness (QED) is 0.875. The topological polar surface area (TPSA) is 67.6 Å². The zero-order valence-electron chi connectivity index (χ0n) is 13.1. The van der Waals surface area contributed by atoms with Gasteiger partial charge in [-0.15, -0.1) is 0 Å². The molecular formula is C16H25N3O2. The number of piperazine rings is 1. The van der Waals surface area contributed by atoms with Crippen LogP contribution in [0.5, 0.6) is 0 Å². The van der Waals surface area contributed by atoms with E-state index >= 15 is 0 Å². The highest BCUT2D eigenvalue weighted by Crippen LogP contribution is 2.24. The summed E-state index contributed by atoms with van der Waals surface area (Å²) in [6, 6.07) is 8.10. The number of amides is 1. The van der Waals surface area contributed by atoms with Crippen molar-refractivity contribution in [3.05, 3.63) is 35.4 Å². The third kappa shape index (κ3) is 4.19. The SMILES string of the molecule is CC(C)(C)OC(=O)N1CCNCC1c1ccc(CN)cc1. The minimum atomic E-state index is -0.476. The van der Waals surface area contributed by atoms with Crippen molar-refractivity contribution < 1.29 is 9.53 Å². The number of benzene rings is 1. The Morgan fingerprint density at radius 1 is 1.38 bits per heavy atom. The van der Waals surface area contributed by atoms with Gasteiger partial charge in [0.2, 0.25) is 0 Å². The van der Waals surface area contributed by atoms with E-state index in [0.29, 0.717) is 13.1 Å². The molecule has 116 valence electrons. The van der Waals surface area contributed by atoms with Gasteiger partial charge < -0.3 is 15.8 Å². The molecule has 1 aromatic carbocycles. The zero-order chi connectivity index (χ0) is 15.5. The van der Waals surface area contributed by atoms with E-state index in [0.717, 1.165) is 24.2 Å². The second-order valence-corrected chi connectivity index (χ2v) is 6.34. The molecule has 1 fully saturated rings. The number of nitrogens with one attached hydrogen (secondary N) is 1. The zero-order valence-corrected chi connectivity index (χ0v) is 13.1. The van der Waals surface area contributed by atoms with Crippen LogP contribution in [0.3, 0.4) is 0 Å². The summed E-state index contributed by atoms with van der Waals surface area (Å²) in [6.45, 7) is 8.36. The summed E-state index contributed by atoms with van der Waals surface area (Å²) >= 11 is 0. The van der Waals surface area contributed by atoms with Gasteiger partial charge in [0.25, 0.3) is 0 Å². The lowest BCUT2D eigenvalue weighted by Crippen LogP contribution is -2.50. The van der Waals surface area contributed by atoms with Crippen molar-refractivity contribution in [3.63, 3.8) is 0 Å². The number of hydrogen-bond donors (Lipinski definition) is 2. The van der Waals surface area contributed by atoms with Gasteiger partial charge in [-0.2, -0.15) is 0 Å². The smallest absolute Gasteiger partial charge is 0.410 e. The number of nitrogens with two attached hydrogens (primary N) is 1. The minimum Gasteiger partial charge on any atom is -0.444 e. The first-order valence-electron chi connectivity index (χ1n) is 7.40. The molecule has 0 radical (unpaired) electrons. The predicted molar refractivity (Wildman–Crippen MR) is 82.9 cm³/mol. The fourth-order valence-electron chi connectivity index (χ4n) is 2.42. The standard InChI is InChI=1S/C16H25N3O2/c1-16(2,3)21-15(20)19-9-8-18-11-14(19)13-6-4-12(10-17)5-7-13/h4-7,14,18H,8-11,17H2,1-3H3. The average molecular weight is 291 g/mol. The summed E-state index contributed by atoms with van der Waals surface area (Å²) in [5, 5.41) is 3.34. The van der Waals surface area contributed by atoms with Crippen LogP contribution in [0.15, 0.2) is 24.3 Å². The van der Waals surface area contributed by atoms with E-state index in [2.05, 4.69) is 5.32 Å². The molecule has 21 heavy (non-hydrogen) atoms. The second kappa shape index (κ2) is 6.45. The first-order valence-corrected chi connectivity index (χ1v) is 7.40. The van der Waals surface area contributed by atoms with Gasteiger partial charge >= 0.3 is 6.09 Å². The molecule has 0 aliphatic carbocycles. The molecule has 3 N–H and O–H groups in total. The largest absolute Gasteiger partial charge is 0.444 e. The van der Waals surface area contributed by atoms with Gasteiger partial charge in [0.05, 0.1) is 6.04 Å². The fraction of sp³-hybridized carbons (Fsp3) is 0.562. The van der Waals surface area contributed by atoms with Gasteiger partial charge in [-0.3, -0.25) is 4.90 Å². The molecule has 5 nitrogen and oxygen atoms in total. The maximum atomic E-state index is 12.4. The lowest BCUT2D eigenvalue weighted by Gasteiger charge is -2.37. The lowest BCUT2D eigenvalue weighted by molar-refractivity contribution is 0.0118. The monoisotopic (exact) mass is 291 g/mol. The molecule has 1 saturated heterocycles. The Bertz CT molecular complexity index is 479. The molecule has 1 aliphatic rings. The van der Waals surface area contributed by atoms with Crippen LogP contribution in [-0.4, -0.2) is 36.2 Å². The summed E-state index contributed by atoms with van der Waals surface area (Å²) in [5.74, 6) is 0. The van der Waals surface area contributed by atoms with Crippen molar-refractivity contribution in [1.82, 2.24) is 10.2 Å². The van der Waals surface area contributed by atoms with E-state index < -0.39 is 5.60 Å². The van der Waals surface area contributed by atoms with Crippen LogP contribution in [-0.2, 0) is 11.3 Å². The molecule has 2 rings (SSSR count).